The highest BCUT2D eigenvalue weighted by molar-refractivity contribution is 9.10. The van der Waals surface area contributed by atoms with Crippen molar-refractivity contribution in [2.24, 2.45) is 5.84 Å². The Morgan fingerprint density at radius 1 is 1.19 bits per heavy atom. The summed E-state index contributed by atoms with van der Waals surface area (Å²) in [6.07, 6.45) is 0. The van der Waals surface area contributed by atoms with Gasteiger partial charge in [-0.2, -0.15) is 0 Å². The van der Waals surface area contributed by atoms with Gasteiger partial charge in [-0.05, 0) is 37.3 Å². The monoisotopic (exact) mass is 348 g/mol. The van der Waals surface area contributed by atoms with Crippen LogP contribution in [-0.2, 0) is 0 Å². The number of aryl methyl sites for hydroxylation is 1. The molecule has 1 aromatic heterocycles. The summed E-state index contributed by atoms with van der Waals surface area (Å²) in [7, 11) is 0. The molecule has 0 bridgehead atoms. The maximum atomic E-state index is 14.1. The Kier molecular flexibility index (Phi) is 3.80. The molecule has 21 heavy (non-hydrogen) atoms. The van der Waals surface area contributed by atoms with Gasteiger partial charge in [0.15, 0.2) is 0 Å². The molecule has 0 spiro atoms. The standard InChI is InChI=1S/C16H14BrFN2O/c1-9-2-5-14-10(6-9)7-15(21-14)16(20-19)12-4-3-11(17)8-13(12)18/h2-8,16,20H,19H2,1H3. The highest BCUT2D eigenvalue weighted by atomic mass is 79.9. The molecule has 0 fully saturated rings. The molecule has 108 valence electrons. The summed E-state index contributed by atoms with van der Waals surface area (Å²) in [4.78, 5) is 0. The van der Waals surface area contributed by atoms with Crippen molar-refractivity contribution < 1.29 is 8.81 Å². The van der Waals surface area contributed by atoms with E-state index in [1.165, 1.54) is 6.07 Å². The fraction of sp³-hybridized carbons (Fsp3) is 0.125. The number of halogens is 2. The Labute approximate surface area is 130 Å². The summed E-state index contributed by atoms with van der Waals surface area (Å²) in [6, 6.07) is 12.1. The van der Waals surface area contributed by atoms with E-state index in [1.54, 1.807) is 12.1 Å². The molecule has 2 aromatic carbocycles. The SMILES string of the molecule is Cc1ccc2oc(C(NN)c3ccc(Br)cc3F)cc2c1. The van der Waals surface area contributed by atoms with Crippen LogP contribution in [0.4, 0.5) is 4.39 Å². The van der Waals surface area contributed by atoms with Crippen molar-refractivity contribution in [3.05, 3.63) is 69.6 Å². The van der Waals surface area contributed by atoms with Crippen LogP contribution in [0.5, 0.6) is 0 Å². The molecule has 0 saturated heterocycles. The van der Waals surface area contributed by atoms with E-state index in [0.29, 0.717) is 15.8 Å². The van der Waals surface area contributed by atoms with Crippen molar-refractivity contribution in [3.8, 4) is 0 Å². The lowest BCUT2D eigenvalue weighted by Crippen LogP contribution is -2.29. The second-order valence-corrected chi connectivity index (χ2v) is 5.87. The first-order chi connectivity index (χ1) is 10.1. The Hall–Kier alpha value is -1.69. The van der Waals surface area contributed by atoms with E-state index >= 15 is 0 Å². The second-order valence-electron chi connectivity index (χ2n) is 4.96. The predicted molar refractivity (Wildman–Crippen MR) is 84.2 cm³/mol. The van der Waals surface area contributed by atoms with Crippen molar-refractivity contribution >= 4 is 26.9 Å². The Morgan fingerprint density at radius 3 is 2.71 bits per heavy atom. The van der Waals surface area contributed by atoms with Crippen molar-refractivity contribution in [3.63, 3.8) is 0 Å². The van der Waals surface area contributed by atoms with Gasteiger partial charge < -0.3 is 4.42 Å². The highest BCUT2D eigenvalue weighted by Crippen LogP contribution is 2.30. The molecule has 1 heterocycles. The molecule has 3 rings (SSSR count). The summed E-state index contributed by atoms with van der Waals surface area (Å²) in [5, 5.41) is 0.975. The predicted octanol–water partition coefficient (Wildman–Crippen LogP) is 4.20. The molecule has 0 aliphatic carbocycles. The molecule has 3 nitrogen and oxygen atoms in total. The van der Waals surface area contributed by atoms with Gasteiger partial charge in [-0.15, -0.1) is 0 Å². The molecule has 3 aromatic rings. The summed E-state index contributed by atoms with van der Waals surface area (Å²) < 4.78 is 20.6. The van der Waals surface area contributed by atoms with Crippen molar-refractivity contribution in [2.45, 2.75) is 13.0 Å². The molecule has 0 aliphatic heterocycles. The molecule has 0 amide bonds. The lowest BCUT2D eigenvalue weighted by Gasteiger charge is -2.14. The molecule has 0 saturated carbocycles. The van der Waals surface area contributed by atoms with Gasteiger partial charge >= 0.3 is 0 Å². The van der Waals surface area contributed by atoms with Crippen molar-refractivity contribution in [1.29, 1.82) is 0 Å². The van der Waals surface area contributed by atoms with E-state index in [2.05, 4.69) is 21.4 Å². The summed E-state index contributed by atoms with van der Waals surface area (Å²) in [5.41, 5.74) is 4.96. The van der Waals surface area contributed by atoms with Crippen LogP contribution < -0.4 is 11.3 Å². The molecule has 3 N–H and O–H groups in total. The van der Waals surface area contributed by atoms with Crippen molar-refractivity contribution in [2.75, 3.05) is 0 Å². The third-order valence-corrected chi connectivity index (χ3v) is 3.91. The van der Waals surface area contributed by atoms with Crippen LogP contribution in [0, 0.1) is 12.7 Å². The van der Waals surface area contributed by atoms with Crippen LogP contribution in [0.3, 0.4) is 0 Å². The molecular weight excluding hydrogens is 335 g/mol. The third-order valence-electron chi connectivity index (χ3n) is 3.42. The van der Waals surface area contributed by atoms with Gasteiger partial charge in [0, 0.05) is 15.4 Å². The molecule has 0 aliphatic rings. The van der Waals surface area contributed by atoms with Crippen LogP contribution in [0.1, 0.15) is 22.9 Å². The summed E-state index contributed by atoms with van der Waals surface area (Å²) >= 11 is 3.24. The first-order valence-electron chi connectivity index (χ1n) is 6.49. The molecule has 0 radical (unpaired) electrons. The largest absolute Gasteiger partial charge is 0.459 e. The minimum Gasteiger partial charge on any atom is -0.459 e. The number of nitrogens with one attached hydrogen (secondary N) is 1. The Morgan fingerprint density at radius 2 is 2.00 bits per heavy atom. The van der Waals surface area contributed by atoms with Crippen LogP contribution in [0.2, 0.25) is 0 Å². The first-order valence-corrected chi connectivity index (χ1v) is 7.29. The average molecular weight is 349 g/mol. The van der Waals surface area contributed by atoms with Gasteiger partial charge in [0.1, 0.15) is 23.2 Å². The first kappa shape index (κ1) is 14.3. The maximum Gasteiger partial charge on any atom is 0.134 e. The fourth-order valence-electron chi connectivity index (χ4n) is 2.39. The average Bonchev–Trinajstić information content (AvgIpc) is 2.84. The van der Waals surface area contributed by atoms with Gasteiger partial charge in [-0.1, -0.05) is 33.6 Å². The number of hydrogen-bond donors (Lipinski definition) is 2. The van der Waals surface area contributed by atoms with Crippen LogP contribution in [0.25, 0.3) is 11.0 Å². The van der Waals surface area contributed by atoms with E-state index in [4.69, 9.17) is 10.3 Å². The fourth-order valence-corrected chi connectivity index (χ4v) is 2.72. The van der Waals surface area contributed by atoms with E-state index < -0.39 is 6.04 Å². The van der Waals surface area contributed by atoms with Gasteiger partial charge in [0.2, 0.25) is 0 Å². The number of fused-ring (bicyclic) bond motifs is 1. The van der Waals surface area contributed by atoms with Crippen molar-refractivity contribution in [1.82, 2.24) is 5.43 Å². The number of hydrogen-bond acceptors (Lipinski definition) is 3. The lowest BCUT2D eigenvalue weighted by molar-refractivity contribution is 0.462. The second kappa shape index (κ2) is 5.60. The zero-order chi connectivity index (χ0) is 15.0. The molecule has 5 heteroatoms. The number of nitrogens with two attached hydrogens (primary N) is 1. The third kappa shape index (κ3) is 2.72. The maximum absolute atomic E-state index is 14.1. The van der Waals surface area contributed by atoms with E-state index in [0.717, 1.165) is 16.5 Å². The summed E-state index contributed by atoms with van der Waals surface area (Å²) in [5.74, 6) is 5.85. The minimum atomic E-state index is -0.536. The van der Waals surface area contributed by atoms with E-state index in [1.807, 2.05) is 31.2 Å². The van der Waals surface area contributed by atoms with Gasteiger partial charge in [0.05, 0.1) is 0 Å². The van der Waals surface area contributed by atoms with Crippen LogP contribution in [0.15, 0.2) is 51.4 Å². The number of furan rings is 1. The lowest BCUT2D eigenvalue weighted by atomic mass is 10.0. The summed E-state index contributed by atoms with van der Waals surface area (Å²) in [6.45, 7) is 2.01. The number of hydrazine groups is 1. The van der Waals surface area contributed by atoms with E-state index in [-0.39, 0.29) is 5.82 Å². The molecular formula is C16H14BrFN2O. The van der Waals surface area contributed by atoms with Crippen LogP contribution >= 0.6 is 15.9 Å². The normalized spacial score (nSPS) is 12.8. The minimum absolute atomic E-state index is 0.344. The van der Waals surface area contributed by atoms with Gasteiger partial charge in [-0.3, -0.25) is 5.84 Å². The quantitative estimate of drug-likeness (QED) is 0.551. The Balaban J connectivity index is 2.09. The van der Waals surface area contributed by atoms with Gasteiger partial charge in [-0.25, -0.2) is 9.82 Å². The zero-order valence-electron chi connectivity index (χ0n) is 11.4. The Bertz CT molecular complexity index is 800. The smallest absolute Gasteiger partial charge is 0.134 e. The van der Waals surface area contributed by atoms with Gasteiger partial charge in [0.25, 0.3) is 0 Å². The number of rotatable bonds is 3. The number of benzene rings is 2. The molecule has 1 atom stereocenters. The zero-order valence-corrected chi connectivity index (χ0v) is 12.9. The topological polar surface area (TPSA) is 51.2 Å². The highest BCUT2D eigenvalue weighted by Gasteiger charge is 2.20. The van der Waals surface area contributed by atoms with E-state index in [9.17, 15) is 4.39 Å². The molecule has 1 unspecified atom stereocenters. The van der Waals surface area contributed by atoms with Crippen LogP contribution in [-0.4, -0.2) is 0 Å².